The predicted molar refractivity (Wildman–Crippen MR) is 101 cm³/mol. The second kappa shape index (κ2) is 14.8. The Bertz CT molecular complexity index is 263. The average molecular weight is 415 g/mol. The first-order valence-electron chi connectivity index (χ1n) is 7.79. The molecule has 0 rings (SSSR count). The van der Waals surface area contributed by atoms with Crippen molar-refractivity contribution in [1.82, 2.24) is 10.6 Å². The van der Waals surface area contributed by atoms with Gasteiger partial charge in [-0.05, 0) is 32.1 Å². The summed E-state index contributed by atoms with van der Waals surface area (Å²) in [6.07, 6.45) is 1.25. The zero-order valence-corrected chi connectivity index (χ0v) is 16.5. The molecule has 2 unspecified atom stereocenters. The first-order chi connectivity index (χ1) is 9.54. The van der Waals surface area contributed by atoms with E-state index in [4.69, 9.17) is 9.84 Å². The largest absolute Gasteiger partial charge is 0.396 e. The Morgan fingerprint density at radius 3 is 2.33 bits per heavy atom. The van der Waals surface area contributed by atoms with Crippen molar-refractivity contribution >= 4 is 29.9 Å². The maximum Gasteiger partial charge on any atom is 0.191 e. The lowest BCUT2D eigenvalue weighted by atomic mass is 10.0. The number of halogens is 1. The number of guanidine groups is 1. The van der Waals surface area contributed by atoms with E-state index in [-0.39, 0.29) is 42.6 Å². The first-order valence-corrected chi connectivity index (χ1v) is 7.79. The number of aliphatic hydroxyl groups excluding tert-OH is 1. The van der Waals surface area contributed by atoms with Gasteiger partial charge in [0.2, 0.25) is 0 Å². The number of nitrogens with one attached hydrogen (secondary N) is 2. The number of rotatable bonds is 10. The molecule has 0 spiro atoms. The highest BCUT2D eigenvalue weighted by molar-refractivity contribution is 14.0. The lowest BCUT2D eigenvalue weighted by molar-refractivity contribution is 0.0258. The van der Waals surface area contributed by atoms with Crippen LogP contribution in [0.2, 0.25) is 0 Å². The molecule has 2 atom stereocenters. The molecule has 5 nitrogen and oxygen atoms in total. The molecule has 6 heteroatoms. The third-order valence-corrected chi connectivity index (χ3v) is 3.06. The van der Waals surface area contributed by atoms with Crippen molar-refractivity contribution in [1.29, 1.82) is 0 Å². The minimum atomic E-state index is 0. The Kier molecular flexibility index (Phi) is 16.4. The van der Waals surface area contributed by atoms with Crippen LogP contribution in [0.5, 0.6) is 0 Å². The van der Waals surface area contributed by atoms with Gasteiger partial charge in [-0.15, -0.1) is 24.0 Å². The van der Waals surface area contributed by atoms with Gasteiger partial charge >= 0.3 is 0 Å². The molecule has 0 aromatic rings. The molecule has 0 fully saturated rings. The van der Waals surface area contributed by atoms with Gasteiger partial charge in [0.1, 0.15) is 0 Å². The second-order valence-corrected chi connectivity index (χ2v) is 5.46. The number of aliphatic imine (C=N–C) groups is 1. The fourth-order valence-corrected chi connectivity index (χ4v) is 1.80. The maximum absolute atomic E-state index is 9.02. The molecule has 0 saturated heterocycles. The van der Waals surface area contributed by atoms with Crippen LogP contribution in [0.1, 0.15) is 41.0 Å². The summed E-state index contributed by atoms with van der Waals surface area (Å²) in [4.78, 5) is 4.47. The van der Waals surface area contributed by atoms with E-state index < -0.39 is 0 Å². The number of hydrogen-bond donors (Lipinski definition) is 3. The van der Waals surface area contributed by atoms with Crippen LogP contribution in [0.4, 0.5) is 0 Å². The lowest BCUT2D eigenvalue weighted by Gasteiger charge is -2.21. The van der Waals surface area contributed by atoms with Crippen LogP contribution < -0.4 is 10.6 Å². The molecule has 128 valence electrons. The summed E-state index contributed by atoms with van der Waals surface area (Å²) in [5, 5.41) is 15.6. The van der Waals surface area contributed by atoms with Gasteiger partial charge in [0, 0.05) is 32.8 Å². The topological polar surface area (TPSA) is 65.9 Å². The summed E-state index contributed by atoms with van der Waals surface area (Å²) in [6.45, 7) is 13.6. The number of ether oxygens (including phenoxy) is 1. The van der Waals surface area contributed by atoms with Gasteiger partial charge in [0.15, 0.2) is 5.96 Å². The zero-order chi connectivity index (χ0) is 15.4. The minimum Gasteiger partial charge on any atom is -0.396 e. The van der Waals surface area contributed by atoms with Crippen molar-refractivity contribution in [3.05, 3.63) is 0 Å². The average Bonchev–Trinajstić information content (AvgIpc) is 2.43. The van der Waals surface area contributed by atoms with Crippen LogP contribution in [0.15, 0.2) is 4.99 Å². The summed E-state index contributed by atoms with van der Waals surface area (Å²) in [7, 11) is 0. The molecule has 0 amide bonds. The van der Waals surface area contributed by atoms with Crippen molar-refractivity contribution in [2.75, 3.05) is 32.8 Å². The summed E-state index contributed by atoms with van der Waals surface area (Å²) in [5.74, 6) is 1.52. The highest BCUT2D eigenvalue weighted by Gasteiger charge is 2.12. The van der Waals surface area contributed by atoms with Crippen LogP contribution in [0.25, 0.3) is 0 Å². The van der Waals surface area contributed by atoms with Gasteiger partial charge in [-0.2, -0.15) is 0 Å². The van der Waals surface area contributed by atoms with Gasteiger partial charge in [-0.3, -0.25) is 4.99 Å². The van der Waals surface area contributed by atoms with Gasteiger partial charge in [0.25, 0.3) is 0 Å². The van der Waals surface area contributed by atoms with Crippen molar-refractivity contribution < 1.29 is 9.84 Å². The van der Waals surface area contributed by atoms with Crippen LogP contribution in [-0.2, 0) is 4.74 Å². The second-order valence-electron chi connectivity index (χ2n) is 5.46. The smallest absolute Gasteiger partial charge is 0.191 e. The number of nitrogens with zero attached hydrogens (tertiary/aromatic N) is 1. The van der Waals surface area contributed by atoms with Crippen molar-refractivity contribution in [2.24, 2.45) is 16.8 Å². The van der Waals surface area contributed by atoms with E-state index >= 15 is 0 Å². The van der Waals surface area contributed by atoms with Gasteiger partial charge < -0.3 is 20.5 Å². The SMILES string of the molecule is CCNC(=NCC(C)CO)NCCC(OCC)C(C)C.I. The first kappa shape index (κ1) is 23.2. The van der Waals surface area contributed by atoms with E-state index in [1.807, 2.05) is 20.8 Å². The lowest BCUT2D eigenvalue weighted by Crippen LogP contribution is -2.39. The molecular formula is C15H34IN3O2. The third-order valence-electron chi connectivity index (χ3n) is 3.06. The number of hydrogen-bond acceptors (Lipinski definition) is 3. The standard InChI is InChI=1S/C15H33N3O2.HI/c1-6-16-15(18-10-13(5)11-19)17-9-8-14(12(3)4)20-7-2;/h12-14,19H,6-11H2,1-5H3,(H2,16,17,18);1H. The monoisotopic (exact) mass is 415 g/mol. The Morgan fingerprint density at radius 1 is 1.19 bits per heavy atom. The molecule has 0 radical (unpaired) electrons. The molecule has 0 saturated carbocycles. The molecule has 0 aliphatic heterocycles. The van der Waals surface area contributed by atoms with E-state index in [9.17, 15) is 0 Å². The molecule has 0 heterocycles. The Balaban J connectivity index is 0. The molecule has 0 aliphatic carbocycles. The van der Waals surface area contributed by atoms with Crippen molar-refractivity contribution in [3.8, 4) is 0 Å². The normalized spacial score (nSPS) is 14.5. The Labute approximate surface area is 147 Å². The van der Waals surface area contributed by atoms with Gasteiger partial charge in [-0.1, -0.05) is 20.8 Å². The van der Waals surface area contributed by atoms with E-state index in [2.05, 4.69) is 29.5 Å². The summed E-state index contributed by atoms with van der Waals surface area (Å²) in [5.41, 5.74) is 0. The molecular weight excluding hydrogens is 381 g/mol. The number of aliphatic hydroxyl groups is 1. The molecule has 0 aromatic carbocycles. The van der Waals surface area contributed by atoms with E-state index in [1.165, 1.54) is 0 Å². The highest BCUT2D eigenvalue weighted by Crippen LogP contribution is 2.09. The quantitative estimate of drug-likeness (QED) is 0.291. The summed E-state index contributed by atoms with van der Waals surface area (Å²) < 4.78 is 5.73. The predicted octanol–water partition coefficient (Wildman–Crippen LogP) is 2.24. The minimum absolute atomic E-state index is 0. The van der Waals surface area contributed by atoms with Crippen molar-refractivity contribution in [3.63, 3.8) is 0 Å². The van der Waals surface area contributed by atoms with Crippen LogP contribution >= 0.6 is 24.0 Å². The molecule has 21 heavy (non-hydrogen) atoms. The van der Waals surface area contributed by atoms with E-state index in [0.29, 0.717) is 12.5 Å². The fraction of sp³-hybridized carbons (Fsp3) is 0.933. The van der Waals surface area contributed by atoms with E-state index in [1.54, 1.807) is 0 Å². The van der Waals surface area contributed by atoms with Gasteiger partial charge in [0.05, 0.1) is 6.10 Å². The Morgan fingerprint density at radius 2 is 1.86 bits per heavy atom. The third kappa shape index (κ3) is 12.2. The van der Waals surface area contributed by atoms with E-state index in [0.717, 1.165) is 32.1 Å². The fourth-order valence-electron chi connectivity index (χ4n) is 1.80. The van der Waals surface area contributed by atoms with Crippen LogP contribution in [0, 0.1) is 11.8 Å². The zero-order valence-electron chi connectivity index (χ0n) is 14.2. The molecule has 3 N–H and O–H groups in total. The molecule has 0 aromatic heterocycles. The van der Waals surface area contributed by atoms with Crippen molar-refractivity contribution in [2.45, 2.75) is 47.1 Å². The van der Waals surface area contributed by atoms with Gasteiger partial charge in [-0.25, -0.2) is 0 Å². The molecule has 0 aliphatic rings. The van der Waals surface area contributed by atoms with Crippen LogP contribution in [0.3, 0.4) is 0 Å². The maximum atomic E-state index is 9.02. The molecule has 0 bridgehead atoms. The highest BCUT2D eigenvalue weighted by atomic mass is 127. The Hall–Kier alpha value is -0.0800. The van der Waals surface area contributed by atoms with Crippen LogP contribution in [-0.4, -0.2) is 50.0 Å². The summed E-state index contributed by atoms with van der Waals surface area (Å²) >= 11 is 0. The summed E-state index contributed by atoms with van der Waals surface area (Å²) in [6, 6.07) is 0.